The van der Waals surface area contributed by atoms with E-state index in [2.05, 4.69) is 11.9 Å². The molecule has 2 aliphatic rings. The highest BCUT2D eigenvalue weighted by Gasteiger charge is 2.35. The molecule has 20 heavy (non-hydrogen) atoms. The van der Waals surface area contributed by atoms with E-state index in [-0.39, 0.29) is 5.41 Å². The summed E-state index contributed by atoms with van der Waals surface area (Å²) in [4.78, 5) is 2.31. The average molecular weight is 284 g/mol. The first-order chi connectivity index (χ1) is 9.58. The van der Waals surface area contributed by atoms with Crippen molar-refractivity contribution >= 4 is 0 Å². The van der Waals surface area contributed by atoms with E-state index in [9.17, 15) is 5.11 Å². The van der Waals surface area contributed by atoms with Gasteiger partial charge in [0.25, 0.3) is 0 Å². The number of aliphatic hydroxyl groups is 1. The number of hydrogen-bond donors (Lipinski definition) is 2. The zero-order chi connectivity index (χ0) is 14.5. The smallest absolute Gasteiger partial charge is 0.0817 e. The molecule has 118 valence electrons. The van der Waals surface area contributed by atoms with E-state index in [4.69, 9.17) is 10.5 Å². The largest absolute Gasteiger partial charge is 0.388 e. The SMILES string of the molecule is CN(CC1(O)CCOCC1)CC1(CN)CCCCCC1. The lowest BCUT2D eigenvalue weighted by molar-refractivity contribution is -0.0805. The van der Waals surface area contributed by atoms with Crippen molar-refractivity contribution in [3.05, 3.63) is 0 Å². The van der Waals surface area contributed by atoms with Crippen LogP contribution in [0.25, 0.3) is 0 Å². The van der Waals surface area contributed by atoms with Crippen LogP contribution in [0.4, 0.5) is 0 Å². The minimum Gasteiger partial charge on any atom is -0.388 e. The molecule has 1 aliphatic heterocycles. The fourth-order valence-electron chi connectivity index (χ4n) is 3.95. The molecule has 2 fully saturated rings. The fraction of sp³-hybridized carbons (Fsp3) is 1.00. The van der Waals surface area contributed by atoms with Crippen molar-refractivity contribution in [2.24, 2.45) is 11.1 Å². The standard InChI is InChI=1S/C16H32N2O2/c1-18(14-16(19)8-10-20-11-9-16)13-15(12-17)6-4-2-3-5-7-15/h19H,2-14,17H2,1H3. The Labute approximate surface area is 123 Å². The summed E-state index contributed by atoms with van der Waals surface area (Å²) in [6.45, 7) is 3.92. The molecule has 0 bridgehead atoms. The Hall–Kier alpha value is -0.160. The molecule has 1 aliphatic carbocycles. The minimum absolute atomic E-state index is 0.271. The molecule has 1 saturated carbocycles. The molecule has 0 unspecified atom stereocenters. The Morgan fingerprint density at radius 3 is 2.15 bits per heavy atom. The summed E-state index contributed by atoms with van der Waals surface area (Å²) in [6.07, 6.45) is 9.33. The molecule has 0 amide bonds. The van der Waals surface area contributed by atoms with Crippen LogP contribution in [-0.4, -0.2) is 55.5 Å². The van der Waals surface area contributed by atoms with Crippen LogP contribution in [0.15, 0.2) is 0 Å². The highest BCUT2D eigenvalue weighted by atomic mass is 16.5. The average Bonchev–Trinajstić information content (AvgIpc) is 2.65. The van der Waals surface area contributed by atoms with E-state index in [0.29, 0.717) is 13.2 Å². The number of ether oxygens (including phenoxy) is 1. The Kier molecular flexibility index (Phi) is 5.84. The number of hydrogen-bond acceptors (Lipinski definition) is 4. The molecule has 1 heterocycles. The molecule has 0 radical (unpaired) electrons. The van der Waals surface area contributed by atoms with E-state index < -0.39 is 5.60 Å². The molecule has 0 aromatic rings. The lowest BCUT2D eigenvalue weighted by atomic mass is 9.79. The Morgan fingerprint density at radius 1 is 1.00 bits per heavy atom. The third-order valence-corrected chi connectivity index (χ3v) is 5.19. The predicted octanol–water partition coefficient (Wildman–Crippen LogP) is 1.76. The molecular formula is C16H32N2O2. The van der Waals surface area contributed by atoms with E-state index in [1.165, 1.54) is 38.5 Å². The van der Waals surface area contributed by atoms with E-state index in [1.54, 1.807) is 0 Å². The van der Waals surface area contributed by atoms with Crippen LogP contribution in [0.1, 0.15) is 51.4 Å². The fourth-order valence-corrected chi connectivity index (χ4v) is 3.95. The van der Waals surface area contributed by atoms with Gasteiger partial charge in [-0.3, -0.25) is 0 Å². The van der Waals surface area contributed by atoms with Crippen molar-refractivity contribution in [2.45, 2.75) is 57.0 Å². The second-order valence-electron chi connectivity index (χ2n) is 7.13. The first kappa shape index (κ1) is 16.2. The van der Waals surface area contributed by atoms with Crippen molar-refractivity contribution in [1.29, 1.82) is 0 Å². The van der Waals surface area contributed by atoms with Gasteiger partial charge in [-0.2, -0.15) is 0 Å². The maximum atomic E-state index is 10.6. The predicted molar refractivity (Wildman–Crippen MR) is 81.7 cm³/mol. The molecule has 2 rings (SSSR count). The third-order valence-electron chi connectivity index (χ3n) is 5.19. The number of nitrogens with zero attached hydrogens (tertiary/aromatic N) is 1. The normalized spacial score (nSPS) is 26.4. The molecule has 0 atom stereocenters. The van der Waals surface area contributed by atoms with Gasteiger partial charge in [-0.05, 0) is 31.8 Å². The maximum absolute atomic E-state index is 10.6. The highest BCUT2D eigenvalue weighted by molar-refractivity contribution is 4.89. The molecular weight excluding hydrogens is 252 g/mol. The van der Waals surface area contributed by atoms with Gasteiger partial charge < -0.3 is 20.5 Å². The molecule has 0 spiro atoms. The van der Waals surface area contributed by atoms with Crippen LogP contribution in [0, 0.1) is 5.41 Å². The topological polar surface area (TPSA) is 58.7 Å². The summed E-state index contributed by atoms with van der Waals surface area (Å²) in [5.74, 6) is 0. The van der Waals surface area contributed by atoms with Crippen LogP contribution in [0.3, 0.4) is 0 Å². The zero-order valence-electron chi connectivity index (χ0n) is 13.1. The summed E-state index contributed by atoms with van der Waals surface area (Å²) in [6, 6.07) is 0. The lowest BCUT2D eigenvalue weighted by Crippen LogP contribution is -2.49. The van der Waals surface area contributed by atoms with Gasteiger partial charge >= 0.3 is 0 Å². The van der Waals surface area contributed by atoms with Crippen LogP contribution in [-0.2, 0) is 4.74 Å². The molecule has 4 nitrogen and oxygen atoms in total. The van der Waals surface area contributed by atoms with E-state index in [1.807, 2.05) is 0 Å². The van der Waals surface area contributed by atoms with Crippen molar-refractivity contribution in [1.82, 2.24) is 4.90 Å². The van der Waals surface area contributed by atoms with Crippen molar-refractivity contribution in [2.75, 3.05) is 39.9 Å². The first-order valence-electron chi connectivity index (χ1n) is 8.26. The summed E-state index contributed by atoms with van der Waals surface area (Å²) < 4.78 is 5.36. The van der Waals surface area contributed by atoms with Crippen molar-refractivity contribution in [3.8, 4) is 0 Å². The summed E-state index contributed by atoms with van der Waals surface area (Å²) in [5.41, 5.74) is 5.82. The summed E-state index contributed by atoms with van der Waals surface area (Å²) in [5, 5.41) is 10.6. The van der Waals surface area contributed by atoms with Crippen molar-refractivity contribution in [3.63, 3.8) is 0 Å². The molecule has 0 aromatic heterocycles. The molecule has 1 saturated heterocycles. The second kappa shape index (κ2) is 7.21. The van der Waals surface area contributed by atoms with Gasteiger partial charge in [-0.15, -0.1) is 0 Å². The molecule has 3 N–H and O–H groups in total. The monoisotopic (exact) mass is 284 g/mol. The number of nitrogens with two attached hydrogens (primary N) is 1. The highest BCUT2D eigenvalue weighted by Crippen LogP contribution is 2.35. The quantitative estimate of drug-likeness (QED) is 0.755. The Morgan fingerprint density at radius 2 is 1.60 bits per heavy atom. The van der Waals surface area contributed by atoms with Crippen molar-refractivity contribution < 1.29 is 9.84 Å². The van der Waals surface area contributed by atoms with Crippen LogP contribution in [0.5, 0.6) is 0 Å². The summed E-state index contributed by atoms with van der Waals surface area (Å²) >= 11 is 0. The van der Waals surface area contributed by atoms with Crippen LogP contribution in [0.2, 0.25) is 0 Å². The minimum atomic E-state index is -0.562. The van der Waals surface area contributed by atoms with Crippen LogP contribution < -0.4 is 5.73 Å². The van der Waals surface area contributed by atoms with Gasteiger partial charge in [-0.25, -0.2) is 0 Å². The number of rotatable bonds is 5. The van der Waals surface area contributed by atoms with Gasteiger partial charge in [0, 0.05) is 39.1 Å². The van der Waals surface area contributed by atoms with Gasteiger partial charge in [0.1, 0.15) is 0 Å². The lowest BCUT2D eigenvalue weighted by Gasteiger charge is -2.40. The van der Waals surface area contributed by atoms with E-state index >= 15 is 0 Å². The summed E-state index contributed by atoms with van der Waals surface area (Å²) in [7, 11) is 2.13. The third kappa shape index (κ3) is 4.42. The van der Waals surface area contributed by atoms with Gasteiger partial charge in [0.2, 0.25) is 0 Å². The second-order valence-corrected chi connectivity index (χ2v) is 7.13. The Balaban J connectivity index is 1.89. The number of likely N-dealkylation sites (N-methyl/N-ethyl adjacent to an activating group) is 1. The Bertz CT molecular complexity index is 282. The van der Waals surface area contributed by atoms with Gasteiger partial charge in [0.15, 0.2) is 0 Å². The maximum Gasteiger partial charge on any atom is 0.0817 e. The molecule has 4 heteroatoms. The molecule has 0 aromatic carbocycles. The van der Waals surface area contributed by atoms with Gasteiger partial charge in [-0.1, -0.05) is 25.7 Å². The van der Waals surface area contributed by atoms with Crippen LogP contribution >= 0.6 is 0 Å². The van der Waals surface area contributed by atoms with E-state index in [0.717, 1.165) is 32.5 Å². The first-order valence-corrected chi connectivity index (χ1v) is 8.26. The zero-order valence-corrected chi connectivity index (χ0v) is 13.1. The van der Waals surface area contributed by atoms with Gasteiger partial charge in [0.05, 0.1) is 5.60 Å².